The minimum Gasteiger partial charge on any atom is -0.472 e. The van der Waals surface area contributed by atoms with Gasteiger partial charge in [0.2, 0.25) is 5.90 Å². The molecule has 5 heteroatoms. The molecule has 23 heavy (non-hydrogen) atoms. The van der Waals surface area contributed by atoms with E-state index in [4.69, 9.17) is 10.6 Å². The number of hydrazine groups is 1. The van der Waals surface area contributed by atoms with Crippen LogP contribution in [-0.2, 0) is 17.8 Å². The van der Waals surface area contributed by atoms with E-state index in [9.17, 15) is 0 Å². The van der Waals surface area contributed by atoms with Crippen LogP contribution in [0, 0.1) is 0 Å². The minimum absolute atomic E-state index is 0.0219. The Hall–Kier alpha value is -2.14. The molecule has 0 fully saturated rings. The highest BCUT2D eigenvalue weighted by atomic mass is 16.5. The van der Waals surface area contributed by atoms with Crippen LogP contribution in [0.3, 0.4) is 0 Å². The quantitative estimate of drug-likeness (QED) is 0.263. The maximum Gasteiger partial charge on any atom is 0.228 e. The van der Waals surface area contributed by atoms with Crippen LogP contribution >= 0.6 is 0 Å². The average Bonchev–Trinajstić information content (AvgIpc) is 2.56. The fraction of sp³-hybridized carbons (Fsp3) is 0.444. The van der Waals surface area contributed by atoms with Gasteiger partial charge in [0.1, 0.15) is 6.61 Å². The number of anilines is 1. The molecule has 0 heterocycles. The third-order valence-corrected chi connectivity index (χ3v) is 3.43. The summed E-state index contributed by atoms with van der Waals surface area (Å²) in [6, 6.07) is 6.07. The Labute approximate surface area is 139 Å². The number of hydrogen-bond acceptors (Lipinski definition) is 5. The van der Waals surface area contributed by atoms with Crippen molar-refractivity contribution >= 4 is 17.8 Å². The predicted molar refractivity (Wildman–Crippen MR) is 99.3 cm³/mol. The van der Waals surface area contributed by atoms with Crippen LogP contribution < -0.4 is 10.9 Å². The standard InChI is InChI=1S/C18H28N4O/c1-6-14(4)21-18(12-20-8-3)23-13-16-15(7-2)10-9-11-17(16)22(5)19/h6,9-12,14H,1,7-8,13,19H2,2-5H3/b20-12-,21-18+. The molecule has 0 radical (unpaired) electrons. The van der Waals surface area contributed by atoms with E-state index in [1.807, 2.05) is 33.0 Å². The first kappa shape index (κ1) is 18.9. The van der Waals surface area contributed by atoms with Gasteiger partial charge in [-0.2, -0.15) is 0 Å². The second-order valence-corrected chi connectivity index (χ2v) is 5.24. The van der Waals surface area contributed by atoms with Gasteiger partial charge < -0.3 is 9.75 Å². The molecule has 0 spiro atoms. The largest absolute Gasteiger partial charge is 0.472 e. The molecule has 2 N–H and O–H groups in total. The molecule has 0 aliphatic heterocycles. The summed E-state index contributed by atoms with van der Waals surface area (Å²) < 4.78 is 5.91. The Morgan fingerprint density at radius 2 is 2.17 bits per heavy atom. The highest BCUT2D eigenvalue weighted by Gasteiger charge is 2.11. The highest BCUT2D eigenvalue weighted by Crippen LogP contribution is 2.23. The maximum atomic E-state index is 5.93. The summed E-state index contributed by atoms with van der Waals surface area (Å²) in [5.41, 5.74) is 3.24. The molecule has 0 bridgehead atoms. The van der Waals surface area contributed by atoms with Crippen molar-refractivity contribution in [3.8, 4) is 0 Å². The SMILES string of the molecule is C=CC(C)/N=C(\C=N/CC)OCc1c(CC)cccc1N(C)N. The zero-order chi connectivity index (χ0) is 17.2. The molecule has 0 aliphatic carbocycles. The fourth-order valence-corrected chi connectivity index (χ4v) is 2.13. The number of nitrogens with zero attached hydrogens (tertiary/aromatic N) is 3. The van der Waals surface area contributed by atoms with E-state index in [-0.39, 0.29) is 6.04 Å². The Kier molecular flexibility index (Phi) is 8.05. The van der Waals surface area contributed by atoms with E-state index < -0.39 is 0 Å². The van der Waals surface area contributed by atoms with Crippen molar-refractivity contribution in [3.63, 3.8) is 0 Å². The summed E-state index contributed by atoms with van der Waals surface area (Å²) in [5, 5.41) is 1.61. The van der Waals surface area contributed by atoms with Crippen LogP contribution in [0.15, 0.2) is 40.8 Å². The first-order valence-corrected chi connectivity index (χ1v) is 7.95. The molecule has 126 valence electrons. The summed E-state index contributed by atoms with van der Waals surface area (Å²) in [4.78, 5) is 8.68. The van der Waals surface area contributed by atoms with Crippen LogP contribution in [0.5, 0.6) is 0 Å². The highest BCUT2D eigenvalue weighted by molar-refractivity contribution is 6.26. The van der Waals surface area contributed by atoms with E-state index in [0.717, 1.165) is 17.7 Å². The smallest absolute Gasteiger partial charge is 0.228 e. The summed E-state index contributed by atoms with van der Waals surface area (Å²) in [6.45, 7) is 10.9. The van der Waals surface area contributed by atoms with Crippen LogP contribution in [0.25, 0.3) is 0 Å². The maximum absolute atomic E-state index is 5.93. The molecule has 5 nitrogen and oxygen atoms in total. The van der Waals surface area contributed by atoms with E-state index in [2.05, 4.69) is 29.6 Å². The van der Waals surface area contributed by atoms with Crippen molar-refractivity contribution in [2.45, 2.75) is 39.8 Å². The number of ether oxygens (including phenoxy) is 1. The molecule has 0 saturated carbocycles. The molecule has 0 amide bonds. The van der Waals surface area contributed by atoms with Crippen LogP contribution in [0.4, 0.5) is 5.69 Å². The first-order chi connectivity index (χ1) is 11.0. The van der Waals surface area contributed by atoms with E-state index in [1.165, 1.54) is 5.56 Å². The average molecular weight is 316 g/mol. The van der Waals surface area contributed by atoms with Gasteiger partial charge in [0, 0.05) is 19.2 Å². The van der Waals surface area contributed by atoms with Crippen molar-refractivity contribution in [1.29, 1.82) is 0 Å². The summed E-state index contributed by atoms with van der Waals surface area (Å²) >= 11 is 0. The predicted octanol–water partition coefficient (Wildman–Crippen LogP) is 3.14. The third kappa shape index (κ3) is 5.87. The number of rotatable bonds is 8. The Morgan fingerprint density at radius 3 is 2.74 bits per heavy atom. The lowest BCUT2D eigenvalue weighted by Crippen LogP contribution is -2.27. The second-order valence-electron chi connectivity index (χ2n) is 5.24. The molecule has 1 aromatic rings. The number of aryl methyl sites for hydroxylation is 1. The third-order valence-electron chi connectivity index (χ3n) is 3.43. The Balaban J connectivity index is 3.03. The lowest BCUT2D eigenvalue weighted by atomic mass is 10.0. The van der Waals surface area contributed by atoms with E-state index >= 15 is 0 Å². The van der Waals surface area contributed by atoms with Gasteiger partial charge in [-0.1, -0.05) is 25.1 Å². The van der Waals surface area contributed by atoms with Crippen LogP contribution in [-0.4, -0.2) is 31.7 Å². The van der Waals surface area contributed by atoms with Gasteiger partial charge in [-0.05, 0) is 31.9 Å². The monoisotopic (exact) mass is 316 g/mol. The lowest BCUT2D eigenvalue weighted by Gasteiger charge is -2.20. The molecule has 0 saturated heterocycles. The van der Waals surface area contributed by atoms with Gasteiger partial charge in [0.15, 0.2) is 0 Å². The topological polar surface area (TPSA) is 63.2 Å². The molecule has 0 aliphatic rings. The van der Waals surface area contributed by atoms with Gasteiger partial charge in [0.05, 0.1) is 17.9 Å². The van der Waals surface area contributed by atoms with Gasteiger partial charge >= 0.3 is 0 Å². The summed E-state index contributed by atoms with van der Waals surface area (Å²) in [7, 11) is 1.83. The first-order valence-electron chi connectivity index (χ1n) is 7.95. The number of hydrogen-bond donors (Lipinski definition) is 1. The molecule has 1 aromatic carbocycles. The van der Waals surface area contributed by atoms with Gasteiger partial charge in [-0.3, -0.25) is 4.99 Å². The lowest BCUT2D eigenvalue weighted by molar-refractivity contribution is 0.296. The molecule has 1 atom stereocenters. The summed E-state index contributed by atoms with van der Waals surface area (Å²) in [6.07, 6.45) is 4.35. The summed E-state index contributed by atoms with van der Waals surface area (Å²) in [5.74, 6) is 6.44. The van der Waals surface area contributed by atoms with Gasteiger partial charge in [-0.15, -0.1) is 6.58 Å². The zero-order valence-electron chi connectivity index (χ0n) is 14.6. The number of aliphatic imine (C=N–C) groups is 2. The van der Waals surface area contributed by atoms with E-state index in [1.54, 1.807) is 17.3 Å². The van der Waals surface area contributed by atoms with E-state index in [0.29, 0.717) is 19.0 Å². The van der Waals surface area contributed by atoms with Crippen molar-refractivity contribution < 1.29 is 4.74 Å². The van der Waals surface area contributed by atoms with Crippen molar-refractivity contribution in [3.05, 3.63) is 42.0 Å². The Bertz CT molecular complexity index is 564. The molecule has 0 aromatic heterocycles. The van der Waals surface area contributed by atoms with Crippen molar-refractivity contribution in [2.75, 3.05) is 18.6 Å². The van der Waals surface area contributed by atoms with Gasteiger partial charge in [-0.25, -0.2) is 10.8 Å². The van der Waals surface area contributed by atoms with Crippen LogP contribution in [0.2, 0.25) is 0 Å². The molecule has 1 unspecified atom stereocenters. The van der Waals surface area contributed by atoms with Crippen molar-refractivity contribution in [1.82, 2.24) is 0 Å². The zero-order valence-corrected chi connectivity index (χ0v) is 14.6. The molecular weight excluding hydrogens is 288 g/mol. The molecule has 1 rings (SSSR count). The van der Waals surface area contributed by atoms with Gasteiger partial charge in [0.25, 0.3) is 0 Å². The van der Waals surface area contributed by atoms with Crippen molar-refractivity contribution in [2.24, 2.45) is 15.8 Å². The second kappa shape index (κ2) is 9.79. The van der Waals surface area contributed by atoms with Crippen LogP contribution in [0.1, 0.15) is 31.9 Å². The Morgan fingerprint density at radius 1 is 1.43 bits per heavy atom. The molecular formula is C18H28N4O. The number of benzene rings is 1. The fourth-order valence-electron chi connectivity index (χ4n) is 2.13. The minimum atomic E-state index is -0.0219. The normalized spacial score (nSPS) is 13.2. The number of nitrogens with two attached hydrogens (primary N) is 1.